The second-order valence-electron chi connectivity index (χ2n) is 6.75. The summed E-state index contributed by atoms with van der Waals surface area (Å²) in [5, 5.41) is 3.39. The van der Waals surface area contributed by atoms with Crippen molar-refractivity contribution in [1.82, 2.24) is 15.3 Å². The van der Waals surface area contributed by atoms with Gasteiger partial charge in [-0.15, -0.1) is 0 Å². The first kappa shape index (κ1) is 20.5. The monoisotopic (exact) mass is 380 g/mol. The van der Waals surface area contributed by atoms with Crippen LogP contribution in [0.25, 0.3) is 0 Å². The molecule has 2 rings (SSSR count). The number of rotatable bonds is 10. The Bertz CT molecular complexity index is 632. The van der Waals surface area contributed by atoms with Gasteiger partial charge in [-0.2, -0.15) is 4.98 Å². The van der Waals surface area contributed by atoms with E-state index in [0.29, 0.717) is 43.0 Å². The zero-order valence-corrected chi connectivity index (χ0v) is 16.4. The number of nitrogens with two attached hydrogens (primary N) is 1. The van der Waals surface area contributed by atoms with Gasteiger partial charge in [0, 0.05) is 32.7 Å². The van der Waals surface area contributed by atoms with Gasteiger partial charge in [-0.3, -0.25) is 4.79 Å². The predicted octanol–water partition coefficient (Wildman–Crippen LogP) is 1.82. The van der Waals surface area contributed by atoms with Gasteiger partial charge in [-0.25, -0.2) is 4.98 Å². The van der Waals surface area contributed by atoms with Crippen LogP contribution in [-0.2, 0) is 4.79 Å². The molecule has 0 aromatic carbocycles. The lowest BCUT2D eigenvalue weighted by molar-refractivity contribution is -0.125. The Morgan fingerprint density at radius 1 is 1.50 bits per heavy atom. The van der Waals surface area contributed by atoms with Gasteiger partial charge in [0.2, 0.25) is 11.9 Å². The molecule has 1 aromatic rings. The third-order valence-corrected chi connectivity index (χ3v) is 4.50. The molecule has 0 radical (unpaired) electrons. The highest BCUT2D eigenvalue weighted by Crippen LogP contribution is 2.30. The molecule has 0 aliphatic carbocycles. The highest BCUT2D eigenvalue weighted by Gasteiger charge is 2.34. The van der Waals surface area contributed by atoms with E-state index in [2.05, 4.69) is 33.7 Å². The van der Waals surface area contributed by atoms with Crippen LogP contribution in [0.4, 0.5) is 11.8 Å². The molecule has 1 aliphatic rings. The fourth-order valence-corrected chi connectivity index (χ4v) is 3.00. The Balaban J connectivity index is 2.02. The summed E-state index contributed by atoms with van der Waals surface area (Å²) in [6.07, 6.45) is 3.52. The Morgan fingerprint density at radius 2 is 2.23 bits per heavy atom. The number of hydrogen-bond donors (Lipinski definition) is 2. The second kappa shape index (κ2) is 9.73. The van der Waals surface area contributed by atoms with Crippen molar-refractivity contribution in [2.75, 3.05) is 49.1 Å². The van der Waals surface area contributed by atoms with Crippen LogP contribution in [0.5, 0.6) is 0 Å². The summed E-state index contributed by atoms with van der Waals surface area (Å²) in [6, 6.07) is 0. The summed E-state index contributed by atoms with van der Waals surface area (Å²) in [5.74, 6) is 1.35. The molecule has 3 N–H and O–H groups in total. The molecule has 0 saturated carbocycles. The van der Waals surface area contributed by atoms with E-state index in [4.69, 9.17) is 17.3 Å². The number of nitrogens with one attached hydrogen (secondary N) is 1. The first-order chi connectivity index (χ1) is 12.5. The van der Waals surface area contributed by atoms with Crippen molar-refractivity contribution in [3.8, 4) is 0 Å². The maximum atomic E-state index is 12.1. The number of hydrogen-bond acceptors (Lipinski definition) is 6. The third kappa shape index (κ3) is 5.32. The number of anilines is 2. The number of nitrogens with zero attached hydrogens (tertiary/aromatic N) is 4. The van der Waals surface area contributed by atoms with Gasteiger partial charge in [-0.05, 0) is 26.3 Å². The largest absolute Gasteiger partial charge is 0.353 e. The summed E-state index contributed by atoms with van der Waals surface area (Å²) >= 11 is 6.30. The lowest BCUT2D eigenvalue weighted by Crippen LogP contribution is -2.54. The number of carbonyl (C=O) groups is 1. The number of carbonyl (C=O) groups excluding carboxylic acids is 1. The Kier molecular flexibility index (Phi) is 7.66. The minimum Gasteiger partial charge on any atom is -0.353 e. The minimum atomic E-state index is -0.0483. The van der Waals surface area contributed by atoms with Crippen LogP contribution >= 0.6 is 11.6 Å². The molecular formula is C18H29ClN6O. The van der Waals surface area contributed by atoms with Crippen LogP contribution in [0.2, 0.25) is 5.02 Å². The molecule has 1 fully saturated rings. The number of halogens is 1. The van der Waals surface area contributed by atoms with Crippen LogP contribution in [0, 0.1) is 5.92 Å². The summed E-state index contributed by atoms with van der Waals surface area (Å²) in [5.41, 5.74) is 6.57. The quantitative estimate of drug-likeness (QED) is 0.602. The van der Waals surface area contributed by atoms with Gasteiger partial charge in [-0.1, -0.05) is 30.7 Å². The zero-order chi connectivity index (χ0) is 19.1. The van der Waals surface area contributed by atoms with E-state index in [0.717, 1.165) is 31.5 Å². The van der Waals surface area contributed by atoms with Crippen molar-refractivity contribution < 1.29 is 4.79 Å². The minimum absolute atomic E-state index is 0.0465. The maximum absolute atomic E-state index is 12.1. The van der Waals surface area contributed by atoms with E-state index in [1.54, 1.807) is 6.20 Å². The van der Waals surface area contributed by atoms with Crippen molar-refractivity contribution in [2.24, 2.45) is 11.7 Å². The summed E-state index contributed by atoms with van der Waals surface area (Å²) in [4.78, 5) is 25.3. The molecule has 26 heavy (non-hydrogen) atoms. The second-order valence-corrected chi connectivity index (χ2v) is 7.15. The van der Waals surface area contributed by atoms with Crippen LogP contribution in [0.1, 0.15) is 26.7 Å². The van der Waals surface area contributed by atoms with Gasteiger partial charge in [0.25, 0.3) is 0 Å². The fourth-order valence-electron chi connectivity index (χ4n) is 2.79. The van der Waals surface area contributed by atoms with Crippen LogP contribution in [-0.4, -0.2) is 55.1 Å². The topological polar surface area (TPSA) is 87.4 Å². The molecular weight excluding hydrogens is 352 g/mol. The van der Waals surface area contributed by atoms with Gasteiger partial charge in [0.1, 0.15) is 5.02 Å². The Hall–Kier alpha value is -1.86. The molecule has 1 amide bonds. The average Bonchev–Trinajstić information content (AvgIpc) is 2.57. The van der Waals surface area contributed by atoms with E-state index in [-0.39, 0.29) is 11.8 Å². The van der Waals surface area contributed by atoms with Crippen molar-refractivity contribution in [3.05, 3.63) is 23.4 Å². The van der Waals surface area contributed by atoms with E-state index in [1.165, 1.54) is 0 Å². The summed E-state index contributed by atoms with van der Waals surface area (Å²) in [7, 11) is 0. The fraction of sp³-hybridized carbons (Fsp3) is 0.611. The molecule has 2 heterocycles. The molecule has 0 spiro atoms. The molecule has 1 aromatic heterocycles. The zero-order valence-electron chi connectivity index (χ0n) is 15.7. The lowest BCUT2D eigenvalue weighted by atomic mass is 9.99. The SMILES string of the molecule is C=C(C)CNC(=O)C1CN(c2nc(N(CCC)CCCN)ncc2Cl)C1. The maximum Gasteiger partial charge on any atom is 0.227 e. The van der Waals surface area contributed by atoms with Gasteiger partial charge in [0.15, 0.2) is 5.82 Å². The van der Waals surface area contributed by atoms with E-state index in [9.17, 15) is 4.79 Å². The smallest absolute Gasteiger partial charge is 0.227 e. The average molecular weight is 381 g/mol. The predicted molar refractivity (Wildman–Crippen MR) is 107 cm³/mol. The van der Waals surface area contributed by atoms with Gasteiger partial charge < -0.3 is 20.9 Å². The first-order valence-electron chi connectivity index (χ1n) is 9.10. The van der Waals surface area contributed by atoms with Crippen LogP contribution in [0.3, 0.4) is 0 Å². The molecule has 144 valence electrons. The van der Waals surface area contributed by atoms with E-state index in [1.807, 2.05) is 11.8 Å². The number of aromatic nitrogens is 2. The van der Waals surface area contributed by atoms with Gasteiger partial charge in [0.05, 0.1) is 12.1 Å². The summed E-state index contributed by atoms with van der Waals surface area (Å²) < 4.78 is 0. The van der Waals surface area contributed by atoms with E-state index >= 15 is 0 Å². The highest BCUT2D eigenvalue weighted by atomic mass is 35.5. The highest BCUT2D eigenvalue weighted by molar-refractivity contribution is 6.32. The van der Waals surface area contributed by atoms with Crippen molar-refractivity contribution in [2.45, 2.75) is 26.7 Å². The van der Waals surface area contributed by atoms with Gasteiger partial charge >= 0.3 is 0 Å². The molecule has 0 atom stereocenters. The third-order valence-electron chi connectivity index (χ3n) is 4.24. The normalized spacial score (nSPS) is 14.1. The molecule has 7 nitrogen and oxygen atoms in total. The molecule has 0 unspecified atom stereocenters. The molecule has 8 heteroatoms. The summed E-state index contributed by atoms with van der Waals surface area (Å²) in [6.45, 7) is 11.9. The molecule has 0 bridgehead atoms. The Labute approximate surface area is 160 Å². The Morgan fingerprint density at radius 3 is 2.85 bits per heavy atom. The molecule has 1 aliphatic heterocycles. The van der Waals surface area contributed by atoms with Crippen molar-refractivity contribution in [1.29, 1.82) is 0 Å². The van der Waals surface area contributed by atoms with Crippen LogP contribution in [0.15, 0.2) is 18.3 Å². The van der Waals surface area contributed by atoms with Crippen molar-refractivity contribution in [3.63, 3.8) is 0 Å². The first-order valence-corrected chi connectivity index (χ1v) is 9.48. The van der Waals surface area contributed by atoms with E-state index < -0.39 is 0 Å². The standard InChI is InChI=1S/C18H29ClN6O/c1-4-7-24(8-5-6-20)18-22-10-15(19)16(23-18)25-11-14(12-25)17(26)21-9-13(2)3/h10,14H,2,4-9,11-12,20H2,1,3H3,(H,21,26). The number of amides is 1. The lowest BCUT2D eigenvalue weighted by Gasteiger charge is -2.39. The van der Waals surface area contributed by atoms with Crippen molar-refractivity contribution >= 4 is 29.3 Å². The molecule has 1 saturated heterocycles. The van der Waals surface area contributed by atoms with Crippen LogP contribution < -0.4 is 20.9 Å².